The van der Waals surface area contributed by atoms with E-state index in [2.05, 4.69) is 21.3 Å². The summed E-state index contributed by atoms with van der Waals surface area (Å²) in [7, 11) is 0. The highest BCUT2D eigenvalue weighted by atomic mass is 35.5. The number of alkyl halides is 3. The van der Waals surface area contributed by atoms with E-state index in [1.807, 2.05) is 0 Å². The predicted octanol–water partition coefficient (Wildman–Crippen LogP) is 2.09. The van der Waals surface area contributed by atoms with Crippen LogP contribution in [0.4, 0.5) is 18.9 Å². The lowest BCUT2D eigenvalue weighted by molar-refractivity contribution is -0.142. The summed E-state index contributed by atoms with van der Waals surface area (Å²) in [6.45, 7) is 0.398. The molecule has 1 heterocycles. The van der Waals surface area contributed by atoms with Crippen LogP contribution in [0, 0.1) is 5.92 Å². The molecule has 1 aromatic rings. The maximum atomic E-state index is 13.1. The molecule has 3 rings (SSSR count). The Morgan fingerprint density at radius 2 is 1.86 bits per heavy atom. The molecule has 1 saturated heterocycles. The van der Waals surface area contributed by atoms with Crippen molar-refractivity contribution in [2.45, 2.75) is 56.8 Å². The number of benzene rings is 1. The van der Waals surface area contributed by atoms with Crippen molar-refractivity contribution in [2.24, 2.45) is 5.92 Å². The van der Waals surface area contributed by atoms with Gasteiger partial charge in [0.25, 0.3) is 11.8 Å². The fourth-order valence-corrected chi connectivity index (χ4v) is 3.72. The Labute approximate surface area is 203 Å². The predicted molar refractivity (Wildman–Crippen MR) is 119 cm³/mol. The third-order valence-electron chi connectivity index (χ3n) is 5.58. The number of nitrogens with one attached hydrogen (secondary N) is 4. The summed E-state index contributed by atoms with van der Waals surface area (Å²) in [5, 5.41) is 9.94. The molecule has 9 nitrogen and oxygen atoms in total. The van der Waals surface area contributed by atoms with Crippen molar-refractivity contribution >= 4 is 46.7 Å². The first kappa shape index (κ1) is 26.5. The zero-order valence-electron chi connectivity index (χ0n) is 18.5. The Hall–Kier alpha value is -3.15. The summed E-state index contributed by atoms with van der Waals surface area (Å²) in [5.41, 5.74) is -0.333. The molecule has 190 valence electrons. The molecular formula is C22H24ClF3N4O5. The van der Waals surface area contributed by atoms with Gasteiger partial charge in [0.1, 0.15) is 0 Å². The monoisotopic (exact) mass is 516 g/mol. The molecular weight excluding hydrogens is 493 g/mol. The largest absolute Gasteiger partial charge is 0.389 e. The van der Waals surface area contributed by atoms with Crippen LogP contribution < -0.4 is 21.3 Å². The van der Waals surface area contributed by atoms with Crippen LogP contribution in [-0.2, 0) is 19.2 Å². The fraction of sp³-hybridized carbons (Fsp3) is 0.500. The van der Waals surface area contributed by atoms with E-state index in [-0.39, 0.29) is 34.6 Å². The van der Waals surface area contributed by atoms with E-state index in [0.29, 0.717) is 13.0 Å². The lowest BCUT2D eigenvalue weighted by atomic mass is 9.95. The smallest absolute Gasteiger partial charge is 0.356 e. The minimum atomic E-state index is -4.53. The normalized spacial score (nSPS) is 18.4. The Bertz CT molecular complexity index is 1030. The SMILES string of the molecule is O=C(CCC(F)(F)F)Nc1ccc(Cl)cc1C(=O)NC(C[C@@H]1CCNC1=O)C(=O)C(=O)NC1CC1. The number of hydrogen-bond donors (Lipinski definition) is 4. The summed E-state index contributed by atoms with van der Waals surface area (Å²) in [6.07, 6.45) is -4.96. The average Bonchev–Trinajstić information content (AvgIpc) is 3.51. The second-order valence-electron chi connectivity index (χ2n) is 8.50. The molecule has 1 saturated carbocycles. The highest BCUT2D eigenvalue weighted by molar-refractivity contribution is 6.38. The molecule has 2 fully saturated rings. The molecule has 1 unspecified atom stereocenters. The van der Waals surface area contributed by atoms with Gasteiger partial charge in [-0.3, -0.25) is 24.0 Å². The van der Waals surface area contributed by atoms with E-state index in [0.717, 1.165) is 12.8 Å². The van der Waals surface area contributed by atoms with Crippen molar-refractivity contribution < 1.29 is 37.1 Å². The summed E-state index contributed by atoms with van der Waals surface area (Å²) in [4.78, 5) is 62.2. The van der Waals surface area contributed by atoms with Crippen LogP contribution >= 0.6 is 11.6 Å². The van der Waals surface area contributed by atoms with E-state index >= 15 is 0 Å². The van der Waals surface area contributed by atoms with Gasteiger partial charge in [0.05, 0.1) is 23.7 Å². The van der Waals surface area contributed by atoms with Crippen LogP contribution in [0.5, 0.6) is 0 Å². The fourth-order valence-electron chi connectivity index (χ4n) is 3.55. The van der Waals surface area contributed by atoms with Crippen LogP contribution in [0.1, 0.15) is 48.9 Å². The van der Waals surface area contributed by atoms with Gasteiger partial charge in [-0.05, 0) is 43.9 Å². The van der Waals surface area contributed by atoms with Gasteiger partial charge in [-0.15, -0.1) is 0 Å². The number of ketones is 1. The van der Waals surface area contributed by atoms with E-state index in [4.69, 9.17) is 11.6 Å². The summed E-state index contributed by atoms with van der Waals surface area (Å²) in [6, 6.07) is 2.28. The summed E-state index contributed by atoms with van der Waals surface area (Å²) in [5.74, 6) is -4.59. The van der Waals surface area contributed by atoms with Gasteiger partial charge in [0.15, 0.2) is 0 Å². The molecule has 0 bridgehead atoms. The second kappa shape index (κ2) is 11.1. The number of amides is 4. The first-order valence-corrected chi connectivity index (χ1v) is 11.4. The average molecular weight is 517 g/mol. The molecule has 2 aliphatic rings. The quantitative estimate of drug-likeness (QED) is 0.353. The maximum Gasteiger partial charge on any atom is 0.389 e. The Morgan fingerprint density at radius 3 is 2.46 bits per heavy atom. The van der Waals surface area contributed by atoms with E-state index in [1.165, 1.54) is 18.2 Å². The van der Waals surface area contributed by atoms with Gasteiger partial charge in [0.2, 0.25) is 17.6 Å². The Kier molecular flexibility index (Phi) is 8.36. The molecule has 35 heavy (non-hydrogen) atoms. The lowest BCUT2D eigenvalue weighted by Gasteiger charge is -2.21. The van der Waals surface area contributed by atoms with E-state index < -0.39 is 54.5 Å². The topological polar surface area (TPSA) is 133 Å². The third kappa shape index (κ3) is 7.94. The second-order valence-corrected chi connectivity index (χ2v) is 8.94. The van der Waals surface area contributed by atoms with Gasteiger partial charge < -0.3 is 21.3 Å². The van der Waals surface area contributed by atoms with Crippen molar-refractivity contribution in [3.05, 3.63) is 28.8 Å². The van der Waals surface area contributed by atoms with Gasteiger partial charge >= 0.3 is 6.18 Å². The minimum Gasteiger partial charge on any atom is -0.356 e. The molecule has 4 amide bonds. The molecule has 0 aromatic heterocycles. The maximum absolute atomic E-state index is 13.1. The highest BCUT2D eigenvalue weighted by Crippen LogP contribution is 2.25. The molecule has 0 spiro atoms. The number of anilines is 1. The van der Waals surface area contributed by atoms with Crippen LogP contribution in [0.25, 0.3) is 0 Å². The number of halogens is 4. The molecule has 2 atom stereocenters. The van der Waals surface area contributed by atoms with Crippen molar-refractivity contribution in [3.63, 3.8) is 0 Å². The number of Topliss-reactive ketones (excluding diaryl/α,β-unsaturated/α-hetero) is 1. The lowest BCUT2D eigenvalue weighted by Crippen LogP contribution is -2.49. The third-order valence-corrected chi connectivity index (χ3v) is 5.81. The van der Waals surface area contributed by atoms with Crippen molar-refractivity contribution in [1.29, 1.82) is 0 Å². The summed E-state index contributed by atoms with van der Waals surface area (Å²) < 4.78 is 37.3. The zero-order chi connectivity index (χ0) is 25.8. The van der Waals surface area contributed by atoms with Crippen molar-refractivity contribution in [2.75, 3.05) is 11.9 Å². The van der Waals surface area contributed by atoms with Gasteiger partial charge in [-0.1, -0.05) is 11.6 Å². The Balaban J connectivity index is 1.76. The molecule has 1 aliphatic heterocycles. The van der Waals surface area contributed by atoms with Crippen LogP contribution in [0.15, 0.2) is 18.2 Å². The number of carbonyl (C=O) groups excluding carboxylic acids is 5. The minimum absolute atomic E-state index is 0.0907. The van der Waals surface area contributed by atoms with Gasteiger partial charge in [-0.2, -0.15) is 13.2 Å². The number of hydrogen-bond acceptors (Lipinski definition) is 5. The highest BCUT2D eigenvalue weighted by Gasteiger charge is 2.36. The Morgan fingerprint density at radius 1 is 1.14 bits per heavy atom. The van der Waals surface area contributed by atoms with Crippen LogP contribution in [0.3, 0.4) is 0 Å². The first-order valence-electron chi connectivity index (χ1n) is 11.0. The van der Waals surface area contributed by atoms with E-state index in [9.17, 15) is 37.1 Å². The number of carbonyl (C=O) groups is 5. The molecule has 4 N–H and O–H groups in total. The van der Waals surface area contributed by atoms with Gasteiger partial charge in [-0.25, -0.2) is 0 Å². The van der Waals surface area contributed by atoms with Crippen LogP contribution in [0.2, 0.25) is 5.02 Å². The van der Waals surface area contributed by atoms with Crippen molar-refractivity contribution in [3.8, 4) is 0 Å². The van der Waals surface area contributed by atoms with E-state index in [1.54, 1.807) is 0 Å². The zero-order valence-corrected chi connectivity index (χ0v) is 19.2. The standard InChI is InChI=1S/C22H24ClF3N4O5/c23-12-1-4-15(29-17(31)5-7-22(24,25)26)14(10-12)20(34)30-16(9-11-6-8-27-19(11)33)18(32)21(35)28-13-2-3-13/h1,4,10-11,13,16H,2-3,5-9H2,(H,27,33)(H,28,35)(H,29,31)(H,30,34)/t11-,16?/m0/s1. The number of rotatable bonds is 10. The molecule has 0 radical (unpaired) electrons. The molecule has 13 heteroatoms. The van der Waals surface area contributed by atoms with Crippen molar-refractivity contribution in [1.82, 2.24) is 16.0 Å². The summed E-state index contributed by atoms with van der Waals surface area (Å²) >= 11 is 5.96. The van der Waals surface area contributed by atoms with Gasteiger partial charge in [0, 0.05) is 29.9 Å². The van der Waals surface area contributed by atoms with Crippen LogP contribution in [-0.4, -0.2) is 54.2 Å². The first-order chi connectivity index (χ1) is 16.4. The molecule has 1 aliphatic carbocycles. The molecule has 1 aromatic carbocycles.